The van der Waals surface area contributed by atoms with E-state index in [2.05, 4.69) is 0 Å². The molecule has 0 bridgehead atoms. The summed E-state index contributed by atoms with van der Waals surface area (Å²) < 4.78 is 37.0. The van der Waals surface area contributed by atoms with Gasteiger partial charge in [-0.1, -0.05) is 0 Å². The summed E-state index contributed by atoms with van der Waals surface area (Å²) in [5.74, 6) is 0.160. The summed E-state index contributed by atoms with van der Waals surface area (Å²) in [5, 5.41) is 9.12. The van der Waals surface area contributed by atoms with E-state index in [9.17, 15) is 13.2 Å². The van der Waals surface area contributed by atoms with E-state index in [0.717, 1.165) is 12.1 Å². The molecule has 1 aliphatic rings. The van der Waals surface area contributed by atoms with Gasteiger partial charge in [0.15, 0.2) is 0 Å². The molecule has 2 nitrogen and oxygen atoms in total. The Morgan fingerprint density at radius 3 is 2.24 bits per heavy atom. The second-order valence-electron chi connectivity index (χ2n) is 3.64. The van der Waals surface area contributed by atoms with Crippen LogP contribution in [0.4, 0.5) is 18.9 Å². The lowest BCUT2D eigenvalue weighted by atomic mass is 10.2. The van der Waals surface area contributed by atoms with Crippen LogP contribution in [0.5, 0.6) is 0 Å². The standard InChI is InChI=1S/C12H10F3NO/c13-12(14,15)9-1-3-10(4-2-9)16-7-5-11(17)6-8-16/h1-7,17H,8H2. The van der Waals surface area contributed by atoms with Crippen molar-refractivity contribution in [1.82, 2.24) is 0 Å². The molecule has 1 aliphatic heterocycles. The summed E-state index contributed by atoms with van der Waals surface area (Å²) >= 11 is 0. The summed E-state index contributed by atoms with van der Waals surface area (Å²) in [5.41, 5.74) is -0.0152. The number of alkyl halides is 3. The minimum absolute atomic E-state index is 0.160. The topological polar surface area (TPSA) is 23.5 Å². The lowest BCUT2D eigenvalue weighted by Crippen LogP contribution is -2.18. The van der Waals surface area contributed by atoms with Gasteiger partial charge in [-0.3, -0.25) is 0 Å². The monoisotopic (exact) mass is 241 g/mol. The normalized spacial score (nSPS) is 15.9. The highest BCUT2D eigenvalue weighted by Gasteiger charge is 2.30. The number of halogens is 3. The van der Waals surface area contributed by atoms with E-state index in [0.29, 0.717) is 12.2 Å². The molecule has 0 amide bonds. The van der Waals surface area contributed by atoms with Gasteiger partial charge in [-0.2, -0.15) is 13.2 Å². The van der Waals surface area contributed by atoms with Gasteiger partial charge >= 0.3 is 6.18 Å². The highest BCUT2D eigenvalue weighted by Crippen LogP contribution is 2.30. The first-order valence-corrected chi connectivity index (χ1v) is 4.98. The zero-order valence-corrected chi connectivity index (χ0v) is 8.78. The maximum absolute atomic E-state index is 12.3. The van der Waals surface area contributed by atoms with E-state index in [4.69, 9.17) is 5.11 Å². The fourth-order valence-corrected chi connectivity index (χ4v) is 1.52. The average molecular weight is 241 g/mol. The predicted octanol–water partition coefficient (Wildman–Crippen LogP) is 3.48. The molecule has 1 heterocycles. The highest BCUT2D eigenvalue weighted by atomic mass is 19.4. The second kappa shape index (κ2) is 4.16. The quantitative estimate of drug-likeness (QED) is 0.813. The summed E-state index contributed by atoms with van der Waals surface area (Å²) in [6.07, 6.45) is 0.380. The van der Waals surface area contributed by atoms with Crippen LogP contribution in [0.25, 0.3) is 0 Å². The van der Waals surface area contributed by atoms with Crippen LogP contribution in [-0.4, -0.2) is 11.7 Å². The minimum atomic E-state index is -4.31. The van der Waals surface area contributed by atoms with Crippen LogP contribution in [0.1, 0.15) is 5.56 Å². The maximum atomic E-state index is 12.3. The maximum Gasteiger partial charge on any atom is 0.416 e. The average Bonchev–Trinajstić information content (AvgIpc) is 2.29. The third-order valence-electron chi connectivity index (χ3n) is 2.45. The minimum Gasteiger partial charge on any atom is -0.508 e. The molecular weight excluding hydrogens is 231 g/mol. The van der Waals surface area contributed by atoms with Crippen LogP contribution in [0.3, 0.4) is 0 Å². The number of aliphatic hydroxyl groups excluding tert-OH is 1. The molecule has 0 saturated heterocycles. The van der Waals surface area contributed by atoms with Crippen LogP contribution in [-0.2, 0) is 6.18 Å². The number of anilines is 1. The Hall–Kier alpha value is -1.91. The lowest BCUT2D eigenvalue weighted by molar-refractivity contribution is -0.137. The van der Waals surface area contributed by atoms with Gasteiger partial charge in [0.25, 0.3) is 0 Å². The Morgan fingerprint density at radius 2 is 1.76 bits per heavy atom. The van der Waals surface area contributed by atoms with E-state index in [1.165, 1.54) is 18.2 Å². The summed E-state index contributed by atoms with van der Waals surface area (Å²) in [6.45, 7) is 0.438. The molecule has 1 N–H and O–H groups in total. The predicted molar refractivity (Wildman–Crippen MR) is 58.6 cm³/mol. The number of benzene rings is 1. The molecule has 0 saturated carbocycles. The number of hydrogen-bond acceptors (Lipinski definition) is 2. The fourth-order valence-electron chi connectivity index (χ4n) is 1.52. The Morgan fingerprint density at radius 1 is 1.12 bits per heavy atom. The van der Waals surface area contributed by atoms with Crippen molar-refractivity contribution < 1.29 is 18.3 Å². The third-order valence-corrected chi connectivity index (χ3v) is 2.45. The van der Waals surface area contributed by atoms with Crippen LogP contribution in [0.15, 0.2) is 48.4 Å². The van der Waals surface area contributed by atoms with E-state index in [1.807, 2.05) is 0 Å². The molecule has 2 rings (SSSR count). The van der Waals surface area contributed by atoms with E-state index in [-0.39, 0.29) is 5.76 Å². The largest absolute Gasteiger partial charge is 0.508 e. The lowest BCUT2D eigenvalue weighted by Gasteiger charge is -2.21. The summed E-state index contributed by atoms with van der Waals surface area (Å²) in [7, 11) is 0. The second-order valence-corrected chi connectivity index (χ2v) is 3.64. The van der Waals surface area contributed by atoms with Crippen molar-refractivity contribution in [2.45, 2.75) is 6.18 Å². The van der Waals surface area contributed by atoms with Gasteiger partial charge in [-0.05, 0) is 36.4 Å². The zero-order chi connectivity index (χ0) is 12.5. The van der Waals surface area contributed by atoms with Crippen molar-refractivity contribution in [1.29, 1.82) is 0 Å². The molecular formula is C12H10F3NO. The van der Waals surface area contributed by atoms with Crippen LogP contribution in [0.2, 0.25) is 0 Å². The molecule has 0 aliphatic carbocycles. The first-order chi connectivity index (χ1) is 7.97. The first kappa shape index (κ1) is 11.6. The molecule has 0 spiro atoms. The Bertz CT molecular complexity index is 460. The van der Waals surface area contributed by atoms with Gasteiger partial charge in [0.2, 0.25) is 0 Å². The van der Waals surface area contributed by atoms with Gasteiger partial charge in [0, 0.05) is 18.4 Å². The molecule has 17 heavy (non-hydrogen) atoms. The number of rotatable bonds is 1. The van der Waals surface area contributed by atoms with Crippen molar-refractivity contribution in [2.24, 2.45) is 0 Å². The van der Waals surface area contributed by atoms with Crippen molar-refractivity contribution in [2.75, 3.05) is 11.4 Å². The van der Waals surface area contributed by atoms with Crippen molar-refractivity contribution in [3.63, 3.8) is 0 Å². The van der Waals surface area contributed by atoms with Gasteiger partial charge in [0.05, 0.1) is 5.56 Å². The third kappa shape index (κ3) is 2.61. The van der Waals surface area contributed by atoms with E-state index >= 15 is 0 Å². The number of allylic oxidation sites excluding steroid dienone is 1. The van der Waals surface area contributed by atoms with Crippen LogP contribution < -0.4 is 4.90 Å². The molecule has 0 atom stereocenters. The Labute approximate surface area is 96.3 Å². The highest BCUT2D eigenvalue weighted by molar-refractivity contribution is 5.52. The van der Waals surface area contributed by atoms with E-state index < -0.39 is 11.7 Å². The van der Waals surface area contributed by atoms with Crippen molar-refractivity contribution in [3.05, 3.63) is 53.9 Å². The van der Waals surface area contributed by atoms with Gasteiger partial charge < -0.3 is 10.0 Å². The van der Waals surface area contributed by atoms with Gasteiger partial charge in [-0.25, -0.2) is 0 Å². The SMILES string of the molecule is OC1=CCN(c2ccc(C(F)(F)F)cc2)C=C1. The summed E-state index contributed by atoms with van der Waals surface area (Å²) in [6, 6.07) is 4.90. The first-order valence-electron chi connectivity index (χ1n) is 4.98. The number of hydrogen-bond donors (Lipinski definition) is 1. The fraction of sp³-hybridized carbons (Fsp3) is 0.167. The van der Waals surface area contributed by atoms with Crippen molar-refractivity contribution in [3.8, 4) is 0 Å². The summed E-state index contributed by atoms with van der Waals surface area (Å²) in [4.78, 5) is 1.74. The molecule has 5 heteroatoms. The molecule has 90 valence electrons. The molecule has 0 aromatic heterocycles. The zero-order valence-electron chi connectivity index (χ0n) is 8.78. The smallest absolute Gasteiger partial charge is 0.416 e. The van der Waals surface area contributed by atoms with Gasteiger partial charge in [0.1, 0.15) is 5.76 Å². The Balaban J connectivity index is 2.17. The van der Waals surface area contributed by atoms with E-state index in [1.54, 1.807) is 17.2 Å². The molecule has 0 radical (unpaired) electrons. The molecule has 1 aromatic rings. The van der Waals surface area contributed by atoms with Crippen molar-refractivity contribution >= 4 is 5.69 Å². The Kier molecular flexibility index (Phi) is 2.83. The number of aliphatic hydroxyl groups is 1. The molecule has 1 aromatic carbocycles. The van der Waals surface area contributed by atoms with Gasteiger partial charge in [-0.15, -0.1) is 0 Å². The van der Waals surface area contributed by atoms with Crippen LogP contribution >= 0.6 is 0 Å². The molecule has 0 fully saturated rings. The van der Waals surface area contributed by atoms with Crippen LogP contribution in [0, 0.1) is 0 Å². The molecule has 0 unspecified atom stereocenters. The number of nitrogens with zero attached hydrogens (tertiary/aromatic N) is 1.